The fourth-order valence-corrected chi connectivity index (χ4v) is 1.92. The molecule has 0 bridgehead atoms. The van der Waals surface area contributed by atoms with Gasteiger partial charge in [-0.05, 0) is 24.6 Å². The summed E-state index contributed by atoms with van der Waals surface area (Å²) in [6, 6.07) is 6.47. The molecule has 0 spiro atoms. The molecule has 16 heavy (non-hydrogen) atoms. The average Bonchev–Trinajstić information content (AvgIpc) is 2.93. The third-order valence-corrected chi connectivity index (χ3v) is 3.04. The Bertz CT molecular complexity index is 404. The first-order valence-corrected chi connectivity index (χ1v) is 5.57. The molecule has 2 atom stereocenters. The van der Waals surface area contributed by atoms with Crippen LogP contribution in [-0.4, -0.2) is 12.6 Å². The molecular formula is C12H12ClFO2. The number of halogens is 2. The van der Waals surface area contributed by atoms with Crippen LogP contribution in [0.3, 0.4) is 0 Å². The molecule has 0 saturated heterocycles. The number of alkyl halides is 1. The standard InChI is InChI=1S/C12H12ClFO2/c1-2-16-11(15)10-7-12(10,14)8-3-5-9(13)6-4-8/h3-6,10H,2,7H2,1H3/t10-,12-/m0/s1. The maximum absolute atomic E-state index is 14.3. The Labute approximate surface area is 98.4 Å². The van der Waals surface area contributed by atoms with E-state index >= 15 is 0 Å². The van der Waals surface area contributed by atoms with E-state index in [9.17, 15) is 9.18 Å². The Morgan fingerprint density at radius 2 is 2.19 bits per heavy atom. The lowest BCUT2D eigenvalue weighted by atomic mass is 10.1. The number of benzene rings is 1. The Morgan fingerprint density at radius 1 is 1.56 bits per heavy atom. The molecule has 1 fully saturated rings. The molecule has 4 heteroatoms. The number of rotatable bonds is 3. The van der Waals surface area contributed by atoms with Crippen LogP contribution in [0.2, 0.25) is 5.02 Å². The summed E-state index contributed by atoms with van der Waals surface area (Å²) in [5.41, 5.74) is -1.06. The summed E-state index contributed by atoms with van der Waals surface area (Å²) in [4.78, 5) is 11.4. The second-order valence-electron chi connectivity index (χ2n) is 3.88. The second-order valence-corrected chi connectivity index (χ2v) is 4.31. The van der Waals surface area contributed by atoms with Gasteiger partial charge in [-0.2, -0.15) is 0 Å². The number of ether oxygens (including phenoxy) is 1. The Balaban J connectivity index is 2.12. The van der Waals surface area contributed by atoms with E-state index in [4.69, 9.17) is 16.3 Å². The highest BCUT2D eigenvalue weighted by Crippen LogP contribution is 2.56. The van der Waals surface area contributed by atoms with Crippen molar-refractivity contribution in [2.45, 2.75) is 19.0 Å². The predicted octanol–water partition coefficient (Wildman–Crippen LogP) is 3.09. The van der Waals surface area contributed by atoms with Crippen molar-refractivity contribution in [2.75, 3.05) is 6.61 Å². The smallest absolute Gasteiger partial charge is 0.312 e. The van der Waals surface area contributed by atoms with Crippen LogP contribution in [0.25, 0.3) is 0 Å². The molecule has 86 valence electrons. The van der Waals surface area contributed by atoms with E-state index in [1.807, 2.05) is 0 Å². The zero-order valence-electron chi connectivity index (χ0n) is 8.87. The minimum Gasteiger partial charge on any atom is -0.466 e. The van der Waals surface area contributed by atoms with Crippen molar-refractivity contribution in [2.24, 2.45) is 5.92 Å². The van der Waals surface area contributed by atoms with Crippen LogP contribution in [0, 0.1) is 5.92 Å². The minimum absolute atomic E-state index is 0.202. The summed E-state index contributed by atoms with van der Waals surface area (Å²) in [6.07, 6.45) is 0.202. The summed E-state index contributed by atoms with van der Waals surface area (Å²) in [7, 11) is 0. The third kappa shape index (κ3) is 1.92. The Morgan fingerprint density at radius 3 is 2.75 bits per heavy atom. The van der Waals surface area contributed by atoms with Crippen molar-refractivity contribution < 1.29 is 13.9 Å². The van der Waals surface area contributed by atoms with E-state index in [2.05, 4.69) is 0 Å². The summed E-state index contributed by atoms with van der Waals surface area (Å²) < 4.78 is 19.1. The molecule has 2 nitrogen and oxygen atoms in total. The minimum atomic E-state index is -1.56. The van der Waals surface area contributed by atoms with Gasteiger partial charge in [-0.15, -0.1) is 0 Å². The lowest BCUT2D eigenvalue weighted by molar-refractivity contribution is -0.145. The maximum atomic E-state index is 14.3. The van der Waals surface area contributed by atoms with Gasteiger partial charge in [0, 0.05) is 11.4 Å². The molecule has 0 heterocycles. The number of carbonyl (C=O) groups is 1. The van der Waals surface area contributed by atoms with Gasteiger partial charge in [0.05, 0.1) is 12.5 Å². The maximum Gasteiger partial charge on any atom is 0.312 e. The van der Waals surface area contributed by atoms with Crippen molar-refractivity contribution in [3.63, 3.8) is 0 Å². The fraction of sp³-hybridized carbons (Fsp3) is 0.417. The fourth-order valence-electron chi connectivity index (χ4n) is 1.80. The Kier molecular flexibility index (Phi) is 2.89. The van der Waals surface area contributed by atoms with Gasteiger partial charge in [-0.25, -0.2) is 4.39 Å². The molecule has 1 aliphatic rings. The van der Waals surface area contributed by atoms with E-state index < -0.39 is 17.6 Å². The zero-order valence-corrected chi connectivity index (χ0v) is 9.63. The predicted molar refractivity (Wildman–Crippen MR) is 59.0 cm³/mol. The Hall–Kier alpha value is -1.09. The third-order valence-electron chi connectivity index (χ3n) is 2.79. The van der Waals surface area contributed by atoms with E-state index in [0.717, 1.165) is 0 Å². The molecular weight excluding hydrogens is 231 g/mol. The van der Waals surface area contributed by atoms with Gasteiger partial charge in [-0.3, -0.25) is 4.79 Å². The van der Waals surface area contributed by atoms with Crippen LogP contribution in [0.1, 0.15) is 18.9 Å². The molecule has 1 saturated carbocycles. The first kappa shape index (κ1) is 11.4. The van der Waals surface area contributed by atoms with Crippen LogP contribution in [-0.2, 0) is 15.2 Å². The summed E-state index contributed by atoms with van der Waals surface area (Å²) in [5.74, 6) is -1.12. The van der Waals surface area contributed by atoms with E-state index in [0.29, 0.717) is 10.6 Å². The van der Waals surface area contributed by atoms with Crippen LogP contribution >= 0.6 is 11.6 Å². The van der Waals surface area contributed by atoms with Crippen molar-refractivity contribution in [1.29, 1.82) is 0 Å². The molecule has 2 rings (SSSR count). The highest BCUT2D eigenvalue weighted by molar-refractivity contribution is 6.30. The molecule has 0 aliphatic heterocycles. The highest BCUT2D eigenvalue weighted by atomic mass is 35.5. The van der Waals surface area contributed by atoms with Gasteiger partial charge >= 0.3 is 5.97 Å². The van der Waals surface area contributed by atoms with Crippen molar-refractivity contribution in [3.8, 4) is 0 Å². The topological polar surface area (TPSA) is 26.3 Å². The molecule has 0 N–H and O–H groups in total. The monoisotopic (exact) mass is 242 g/mol. The van der Waals surface area contributed by atoms with E-state index in [-0.39, 0.29) is 13.0 Å². The van der Waals surface area contributed by atoms with Crippen LogP contribution in [0.4, 0.5) is 4.39 Å². The second kappa shape index (κ2) is 4.06. The lowest BCUT2D eigenvalue weighted by Gasteiger charge is -2.07. The van der Waals surface area contributed by atoms with Gasteiger partial charge in [0.25, 0.3) is 0 Å². The molecule has 0 amide bonds. The number of esters is 1. The van der Waals surface area contributed by atoms with Gasteiger partial charge in [0.2, 0.25) is 0 Å². The number of hydrogen-bond donors (Lipinski definition) is 0. The number of carbonyl (C=O) groups excluding carboxylic acids is 1. The van der Waals surface area contributed by atoms with Gasteiger partial charge < -0.3 is 4.74 Å². The molecule has 0 unspecified atom stereocenters. The lowest BCUT2D eigenvalue weighted by Crippen LogP contribution is -2.13. The van der Waals surface area contributed by atoms with E-state index in [1.165, 1.54) is 0 Å². The largest absolute Gasteiger partial charge is 0.466 e. The van der Waals surface area contributed by atoms with Crippen LogP contribution in [0.5, 0.6) is 0 Å². The summed E-state index contributed by atoms with van der Waals surface area (Å²) in [6.45, 7) is 1.99. The van der Waals surface area contributed by atoms with Gasteiger partial charge in [-0.1, -0.05) is 23.7 Å². The van der Waals surface area contributed by atoms with Crippen LogP contribution in [0.15, 0.2) is 24.3 Å². The first-order chi connectivity index (χ1) is 7.58. The molecule has 1 aromatic rings. The SMILES string of the molecule is CCOC(=O)[C@@H]1C[C@]1(F)c1ccc(Cl)cc1. The van der Waals surface area contributed by atoms with Gasteiger partial charge in [0.15, 0.2) is 0 Å². The summed E-state index contributed by atoms with van der Waals surface area (Å²) in [5, 5.41) is 0.556. The zero-order chi connectivity index (χ0) is 11.8. The molecule has 1 aliphatic carbocycles. The summed E-state index contributed by atoms with van der Waals surface area (Å²) >= 11 is 5.72. The average molecular weight is 243 g/mol. The number of hydrogen-bond acceptors (Lipinski definition) is 2. The van der Waals surface area contributed by atoms with E-state index in [1.54, 1.807) is 31.2 Å². The molecule has 1 aromatic carbocycles. The van der Waals surface area contributed by atoms with Crippen molar-refractivity contribution >= 4 is 17.6 Å². The molecule has 0 aromatic heterocycles. The highest BCUT2D eigenvalue weighted by Gasteiger charge is 2.61. The van der Waals surface area contributed by atoms with Crippen molar-refractivity contribution in [3.05, 3.63) is 34.9 Å². The van der Waals surface area contributed by atoms with Crippen LogP contribution < -0.4 is 0 Å². The normalized spacial score (nSPS) is 27.6. The quantitative estimate of drug-likeness (QED) is 0.762. The van der Waals surface area contributed by atoms with Gasteiger partial charge in [0.1, 0.15) is 5.67 Å². The van der Waals surface area contributed by atoms with Crippen molar-refractivity contribution in [1.82, 2.24) is 0 Å². The first-order valence-electron chi connectivity index (χ1n) is 5.19. The molecule has 0 radical (unpaired) electrons.